The zero-order chi connectivity index (χ0) is 14.0. The van der Waals surface area contributed by atoms with Crippen molar-refractivity contribution in [2.24, 2.45) is 11.7 Å². The van der Waals surface area contributed by atoms with Crippen LogP contribution in [0.15, 0.2) is 18.2 Å². The molecule has 1 saturated heterocycles. The molecule has 1 amide bonds. The molecule has 5 heteroatoms. The minimum Gasteiger partial charge on any atom is -0.389 e. The normalized spacial score (nSPS) is 21.2. The molecule has 2 atom stereocenters. The number of benzene rings is 1. The van der Waals surface area contributed by atoms with Gasteiger partial charge < -0.3 is 15.7 Å². The standard InChI is InChI=1S/C14H19FN2O2/c1-9(18)11-5-2-6-12(15)13(11)17-7-3-4-10(8-17)14(16)19/h2,5-6,9-10,18H,3-4,7-8H2,1H3,(H2,16,19). The van der Waals surface area contributed by atoms with Gasteiger partial charge in [0.05, 0.1) is 17.7 Å². The number of amides is 1. The monoisotopic (exact) mass is 266 g/mol. The molecule has 0 radical (unpaired) electrons. The van der Waals surface area contributed by atoms with Crippen molar-refractivity contribution in [1.29, 1.82) is 0 Å². The Morgan fingerprint density at radius 1 is 1.58 bits per heavy atom. The fourth-order valence-corrected chi connectivity index (χ4v) is 2.62. The van der Waals surface area contributed by atoms with E-state index in [1.54, 1.807) is 19.1 Å². The van der Waals surface area contributed by atoms with Crippen molar-refractivity contribution in [3.63, 3.8) is 0 Å². The summed E-state index contributed by atoms with van der Waals surface area (Å²) in [6.45, 7) is 2.69. The predicted molar refractivity (Wildman–Crippen MR) is 71.2 cm³/mol. The summed E-state index contributed by atoms with van der Waals surface area (Å²) < 4.78 is 14.1. The number of para-hydroxylation sites is 1. The first kappa shape index (κ1) is 13.8. The first-order chi connectivity index (χ1) is 9.00. The fourth-order valence-electron chi connectivity index (χ4n) is 2.62. The lowest BCUT2D eigenvalue weighted by molar-refractivity contribution is -0.122. The van der Waals surface area contributed by atoms with Crippen LogP contribution < -0.4 is 10.6 Å². The molecule has 0 spiro atoms. The minimum atomic E-state index is -0.750. The number of anilines is 1. The number of aliphatic hydroxyl groups is 1. The summed E-state index contributed by atoms with van der Waals surface area (Å²) in [6.07, 6.45) is 0.783. The van der Waals surface area contributed by atoms with Crippen molar-refractivity contribution in [3.05, 3.63) is 29.6 Å². The van der Waals surface area contributed by atoms with Gasteiger partial charge in [0.2, 0.25) is 5.91 Å². The second-order valence-corrected chi connectivity index (χ2v) is 5.04. The molecule has 0 aromatic heterocycles. The van der Waals surface area contributed by atoms with Crippen LogP contribution >= 0.6 is 0 Å². The van der Waals surface area contributed by atoms with Gasteiger partial charge in [-0.05, 0) is 25.8 Å². The van der Waals surface area contributed by atoms with Crippen LogP contribution in [0, 0.1) is 11.7 Å². The van der Waals surface area contributed by atoms with Crippen LogP contribution in [-0.2, 0) is 4.79 Å². The number of rotatable bonds is 3. The Labute approximate surface area is 112 Å². The molecule has 1 aliphatic rings. The van der Waals surface area contributed by atoms with Gasteiger partial charge in [-0.1, -0.05) is 12.1 Å². The molecule has 0 saturated carbocycles. The highest BCUT2D eigenvalue weighted by Crippen LogP contribution is 2.32. The number of piperidine rings is 1. The number of halogens is 1. The third-order valence-electron chi connectivity index (χ3n) is 3.61. The van der Waals surface area contributed by atoms with Crippen molar-refractivity contribution in [1.82, 2.24) is 0 Å². The number of hydrogen-bond donors (Lipinski definition) is 2. The molecule has 1 aromatic carbocycles. The van der Waals surface area contributed by atoms with E-state index in [1.807, 2.05) is 4.90 Å². The van der Waals surface area contributed by atoms with E-state index in [0.29, 0.717) is 24.3 Å². The number of nitrogens with two attached hydrogens (primary N) is 1. The maximum absolute atomic E-state index is 14.1. The number of aliphatic hydroxyl groups excluding tert-OH is 1. The highest BCUT2D eigenvalue weighted by Gasteiger charge is 2.27. The lowest BCUT2D eigenvalue weighted by Crippen LogP contribution is -2.42. The van der Waals surface area contributed by atoms with Crippen molar-refractivity contribution in [3.8, 4) is 0 Å². The molecule has 3 N–H and O–H groups in total. The van der Waals surface area contributed by atoms with Gasteiger partial charge in [-0.25, -0.2) is 4.39 Å². The summed E-state index contributed by atoms with van der Waals surface area (Å²) in [7, 11) is 0. The minimum absolute atomic E-state index is 0.254. The highest BCUT2D eigenvalue weighted by molar-refractivity contribution is 5.77. The lowest BCUT2D eigenvalue weighted by Gasteiger charge is -2.34. The van der Waals surface area contributed by atoms with E-state index in [9.17, 15) is 14.3 Å². The van der Waals surface area contributed by atoms with Gasteiger partial charge in [-0.2, -0.15) is 0 Å². The molecule has 2 rings (SSSR count). The van der Waals surface area contributed by atoms with E-state index in [2.05, 4.69) is 0 Å². The van der Waals surface area contributed by atoms with E-state index in [0.717, 1.165) is 12.8 Å². The van der Waals surface area contributed by atoms with Crippen LogP contribution in [0.1, 0.15) is 31.4 Å². The zero-order valence-electron chi connectivity index (χ0n) is 11.0. The number of carbonyl (C=O) groups excluding carboxylic acids is 1. The van der Waals surface area contributed by atoms with Gasteiger partial charge >= 0.3 is 0 Å². The van der Waals surface area contributed by atoms with Crippen molar-refractivity contribution < 1.29 is 14.3 Å². The second-order valence-electron chi connectivity index (χ2n) is 5.04. The SMILES string of the molecule is CC(O)c1cccc(F)c1N1CCCC(C(N)=O)C1. The molecule has 2 unspecified atom stereocenters. The van der Waals surface area contributed by atoms with Gasteiger partial charge in [-0.3, -0.25) is 4.79 Å². The van der Waals surface area contributed by atoms with E-state index < -0.39 is 6.10 Å². The van der Waals surface area contributed by atoms with Gasteiger partial charge in [0.1, 0.15) is 5.82 Å². The zero-order valence-corrected chi connectivity index (χ0v) is 11.0. The Morgan fingerprint density at radius 3 is 2.95 bits per heavy atom. The molecule has 1 aromatic rings. The number of primary amides is 1. The second kappa shape index (κ2) is 5.57. The Kier molecular flexibility index (Phi) is 4.04. The van der Waals surface area contributed by atoms with E-state index in [-0.39, 0.29) is 17.6 Å². The smallest absolute Gasteiger partial charge is 0.222 e. The molecule has 1 aliphatic heterocycles. The van der Waals surface area contributed by atoms with Crippen molar-refractivity contribution >= 4 is 11.6 Å². The third kappa shape index (κ3) is 2.87. The van der Waals surface area contributed by atoms with Crippen molar-refractivity contribution in [2.45, 2.75) is 25.9 Å². The Bertz CT molecular complexity index is 477. The van der Waals surface area contributed by atoms with Gasteiger partial charge in [-0.15, -0.1) is 0 Å². The van der Waals surface area contributed by atoms with Crippen LogP contribution in [0.5, 0.6) is 0 Å². The summed E-state index contributed by atoms with van der Waals surface area (Å²) in [5, 5.41) is 9.75. The van der Waals surface area contributed by atoms with Crippen LogP contribution in [0.3, 0.4) is 0 Å². The van der Waals surface area contributed by atoms with Crippen LogP contribution in [0.25, 0.3) is 0 Å². The Hall–Kier alpha value is -1.62. The molecule has 0 bridgehead atoms. The van der Waals surface area contributed by atoms with Gasteiger partial charge in [0.15, 0.2) is 0 Å². The summed E-state index contributed by atoms with van der Waals surface area (Å²) in [5.41, 5.74) is 6.27. The van der Waals surface area contributed by atoms with E-state index in [1.165, 1.54) is 6.07 Å². The molecular weight excluding hydrogens is 247 g/mol. The highest BCUT2D eigenvalue weighted by atomic mass is 19.1. The maximum atomic E-state index is 14.1. The molecule has 1 heterocycles. The Balaban J connectivity index is 2.33. The summed E-state index contributed by atoms with van der Waals surface area (Å²) in [4.78, 5) is 13.1. The molecule has 1 fully saturated rings. The molecular formula is C14H19FN2O2. The van der Waals surface area contributed by atoms with E-state index >= 15 is 0 Å². The van der Waals surface area contributed by atoms with Crippen molar-refractivity contribution in [2.75, 3.05) is 18.0 Å². The largest absolute Gasteiger partial charge is 0.389 e. The first-order valence-electron chi connectivity index (χ1n) is 6.51. The number of nitrogens with zero attached hydrogens (tertiary/aromatic N) is 1. The topological polar surface area (TPSA) is 66.6 Å². The lowest BCUT2D eigenvalue weighted by atomic mass is 9.95. The van der Waals surface area contributed by atoms with Crippen LogP contribution in [0.4, 0.5) is 10.1 Å². The average Bonchev–Trinajstić information content (AvgIpc) is 2.38. The van der Waals surface area contributed by atoms with Gasteiger partial charge in [0.25, 0.3) is 0 Å². The summed E-state index contributed by atoms with van der Waals surface area (Å²) in [5.74, 6) is -0.974. The van der Waals surface area contributed by atoms with Crippen LogP contribution in [-0.4, -0.2) is 24.1 Å². The number of hydrogen-bond acceptors (Lipinski definition) is 3. The quantitative estimate of drug-likeness (QED) is 0.873. The maximum Gasteiger partial charge on any atom is 0.222 e. The molecule has 0 aliphatic carbocycles. The summed E-state index contributed by atoms with van der Waals surface area (Å²) >= 11 is 0. The van der Waals surface area contributed by atoms with Crippen LogP contribution in [0.2, 0.25) is 0 Å². The number of carbonyl (C=O) groups is 1. The fraction of sp³-hybridized carbons (Fsp3) is 0.500. The predicted octanol–water partition coefficient (Wildman–Crippen LogP) is 1.58. The molecule has 104 valence electrons. The molecule has 19 heavy (non-hydrogen) atoms. The Morgan fingerprint density at radius 2 is 2.32 bits per heavy atom. The van der Waals surface area contributed by atoms with Gasteiger partial charge in [0, 0.05) is 18.7 Å². The first-order valence-corrected chi connectivity index (χ1v) is 6.51. The average molecular weight is 266 g/mol. The third-order valence-corrected chi connectivity index (χ3v) is 3.61. The summed E-state index contributed by atoms with van der Waals surface area (Å²) in [6, 6.07) is 4.66. The molecule has 4 nitrogen and oxygen atoms in total. The van der Waals surface area contributed by atoms with E-state index in [4.69, 9.17) is 5.73 Å².